The van der Waals surface area contributed by atoms with Crippen molar-refractivity contribution in [2.45, 2.75) is 32.4 Å². The summed E-state index contributed by atoms with van der Waals surface area (Å²) in [6.45, 7) is 6.44. The van der Waals surface area contributed by atoms with Crippen LogP contribution in [-0.4, -0.2) is 43.0 Å². The molecule has 0 saturated carbocycles. The average molecular weight is 384 g/mol. The third-order valence-electron chi connectivity index (χ3n) is 5.68. The maximum atomic E-state index is 13.2. The van der Waals surface area contributed by atoms with Gasteiger partial charge < -0.3 is 9.80 Å². The van der Waals surface area contributed by atoms with Crippen molar-refractivity contribution in [1.29, 1.82) is 0 Å². The van der Waals surface area contributed by atoms with Crippen LogP contribution in [0.15, 0.2) is 48.5 Å². The molecule has 2 aromatic carbocycles. The van der Waals surface area contributed by atoms with Gasteiger partial charge in [-0.15, -0.1) is 0 Å². The lowest BCUT2D eigenvalue weighted by molar-refractivity contribution is -0.122. The normalized spacial score (nSPS) is 18.4. The van der Waals surface area contributed by atoms with Gasteiger partial charge in [-0.25, -0.2) is 0 Å². The van der Waals surface area contributed by atoms with Gasteiger partial charge in [-0.2, -0.15) is 0 Å². The van der Waals surface area contributed by atoms with Crippen LogP contribution in [-0.2, 0) is 11.3 Å². The second-order valence-corrected chi connectivity index (χ2v) is 7.89. The minimum Gasteiger partial charge on any atom is -0.364 e. The molecule has 2 heterocycles. The van der Waals surface area contributed by atoms with Crippen LogP contribution in [0.2, 0.25) is 5.02 Å². The summed E-state index contributed by atoms with van der Waals surface area (Å²) in [5, 5.41) is 0.758. The number of amides is 1. The number of anilines is 2. The van der Waals surface area contributed by atoms with Crippen molar-refractivity contribution < 1.29 is 4.79 Å². The number of carbonyl (C=O) groups excluding carboxylic acids is 1. The Bertz CT molecular complexity index is 819. The third-order valence-corrected chi connectivity index (χ3v) is 5.92. The van der Waals surface area contributed by atoms with E-state index < -0.39 is 0 Å². The zero-order valence-electron chi connectivity index (χ0n) is 15.8. The summed E-state index contributed by atoms with van der Waals surface area (Å²) in [4.78, 5) is 19.8. The molecule has 2 aliphatic rings. The highest BCUT2D eigenvalue weighted by atomic mass is 35.5. The molecule has 1 fully saturated rings. The van der Waals surface area contributed by atoms with Crippen LogP contribution < -0.4 is 9.80 Å². The van der Waals surface area contributed by atoms with Crippen molar-refractivity contribution in [3.05, 3.63) is 59.1 Å². The van der Waals surface area contributed by atoms with Crippen LogP contribution in [0.4, 0.5) is 11.4 Å². The Labute approximate surface area is 166 Å². The van der Waals surface area contributed by atoms with Crippen molar-refractivity contribution >= 4 is 28.9 Å². The van der Waals surface area contributed by atoms with E-state index in [1.807, 2.05) is 35.2 Å². The van der Waals surface area contributed by atoms with E-state index in [9.17, 15) is 4.79 Å². The number of carbonyl (C=O) groups is 1. The first-order valence-electron chi connectivity index (χ1n) is 9.77. The van der Waals surface area contributed by atoms with E-state index in [2.05, 4.69) is 34.9 Å². The number of para-hydroxylation sites is 2. The largest absolute Gasteiger partial charge is 0.364 e. The Kier molecular flexibility index (Phi) is 5.37. The van der Waals surface area contributed by atoms with Gasteiger partial charge >= 0.3 is 0 Å². The molecule has 1 atom stereocenters. The maximum absolute atomic E-state index is 13.2. The van der Waals surface area contributed by atoms with Gasteiger partial charge in [0.25, 0.3) is 0 Å². The predicted octanol–water partition coefficient (Wildman–Crippen LogP) is 4.18. The molecule has 0 aromatic heterocycles. The van der Waals surface area contributed by atoms with E-state index >= 15 is 0 Å². The molecule has 27 heavy (non-hydrogen) atoms. The lowest BCUT2D eigenvalue weighted by Gasteiger charge is -2.39. The van der Waals surface area contributed by atoms with Crippen LogP contribution in [0.25, 0.3) is 0 Å². The standard InChI is InChI=1S/C22H26ClN3O/c1-17(24-11-4-5-12-24)22(27)26-14-13-25(20-9-2-3-10-21(20)26)16-18-7-6-8-19(23)15-18/h2-3,6-10,15,17H,4-5,11-14,16H2,1H3. The van der Waals surface area contributed by atoms with Crippen LogP contribution >= 0.6 is 11.6 Å². The van der Waals surface area contributed by atoms with Crippen molar-refractivity contribution in [3.63, 3.8) is 0 Å². The first-order valence-corrected chi connectivity index (χ1v) is 10.1. The number of hydrogen-bond donors (Lipinski definition) is 0. The minimum atomic E-state index is -0.0555. The zero-order chi connectivity index (χ0) is 18.8. The Hall–Kier alpha value is -2.04. The summed E-state index contributed by atoms with van der Waals surface area (Å²) in [6.07, 6.45) is 2.39. The molecule has 4 nitrogen and oxygen atoms in total. The second-order valence-electron chi connectivity index (χ2n) is 7.45. The first-order chi connectivity index (χ1) is 13.1. The van der Waals surface area contributed by atoms with Gasteiger partial charge in [0.1, 0.15) is 0 Å². The molecule has 0 bridgehead atoms. The molecule has 2 aliphatic heterocycles. The summed E-state index contributed by atoms with van der Waals surface area (Å²) in [6, 6.07) is 16.2. The minimum absolute atomic E-state index is 0.0555. The summed E-state index contributed by atoms with van der Waals surface area (Å²) in [7, 11) is 0. The first kappa shape index (κ1) is 18.3. The summed E-state index contributed by atoms with van der Waals surface area (Å²) in [5.74, 6) is 0.215. The SMILES string of the molecule is CC(C(=O)N1CCN(Cc2cccc(Cl)c2)c2ccccc21)N1CCCC1. The van der Waals surface area contributed by atoms with Crippen LogP contribution in [0.1, 0.15) is 25.3 Å². The van der Waals surface area contributed by atoms with Crippen molar-refractivity contribution in [1.82, 2.24) is 4.90 Å². The fourth-order valence-electron chi connectivity index (χ4n) is 4.18. The number of halogens is 1. The van der Waals surface area contributed by atoms with Crippen molar-refractivity contribution in [2.24, 2.45) is 0 Å². The number of rotatable bonds is 4. The molecule has 0 N–H and O–H groups in total. The Morgan fingerprint density at radius 3 is 2.48 bits per heavy atom. The highest BCUT2D eigenvalue weighted by molar-refractivity contribution is 6.30. The topological polar surface area (TPSA) is 26.8 Å². The number of nitrogens with zero attached hydrogens (tertiary/aromatic N) is 3. The average Bonchev–Trinajstić information content (AvgIpc) is 3.22. The van der Waals surface area contributed by atoms with Gasteiger partial charge in [0.2, 0.25) is 5.91 Å². The van der Waals surface area contributed by atoms with E-state index in [0.717, 1.165) is 42.6 Å². The highest BCUT2D eigenvalue weighted by Gasteiger charge is 2.32. The lowest BCUT2D eigenvalue weighted by Crippen LogP contribution is -2.51. The molecule has 0 spiro atoms. The number of benzene rings is 2. The van der Waals surface area contributed by atoms with E-state index in [4.69, 9.17) is 11.6 Å². The summed E-state index contributed by atoms with van der Waals surface area (Å²) in [5.41, 5.74) is 3.31. The molecule has 2 aromatic rings. The van der Waals surface area contributed by atoms with Gasteiger partial charge in [0.15, 0.2) is 0 Å². The van der Waals surface area contributed by atoms with E-state index in [1.54, 1.807) is 0 Å². The molecule has 142 valence electrons. The van der Waals surface area contributed by atoms with Crippen molar-refractivity contribution in [2.75, 3.05) is 36.0 Å². The fourth-order valence-corrected chi connectivity index (χ4v) is 4.39. The van der Waals surface area contributed by atoms with Crippen LogP contribution in [0.3, 0.4) is 0 Å². The van der Waals surface area contributed by atoms with Crippen molar-refractivity contribution in [3.8, 4) is 0 Å². The highest BCUT2D eigenvalue weighted by Crippen LogP contribution is 2.34. The van der Waals surface area contributed by atoms with E-state index in [0.29, 0.717) is 6.54 Å². The van der Waals surface area contributed by atoms with E-state index in [1.165, 1.54) is 18.4 Å². The van der Waals surface area contributed by atoms with Gasteiger partial charge in [-0.1, -0.05) is 35.9 Å². The molecule has 0 aliphatic carbocycles. The Morgan fingerprint density at radius 2 is 1.74 bits per heavy atom. The molecule has 1 amide bonds. The zero-order valence-corrected chi connectivity index (χ0v) is 16.5. The van der Waals surface area contributed by atoms with Gasteiger partial charge in [0, 0.05) is 24.7 Å². The molecule has 5 heteroatoms. The van der Waals surface area contributed by atoms with Gasteiger partial charge in [-0.3, -0.25) is 9.69 Å². The fraction of sp³-hybridized carbons (Fsp3) is 0.409. The number of fused-ring (bicyclic) bond motifs is 1. The number of hydrogen-bond acceptors (Lipinski definition) is 3. The molecule has 1 saturated heterocycles. The smallest absolute Gasteiger partial charge is 0.244 e. The Balaban J connectivity index is 1.56. The Morgan fingerprint density at radius 1 is 1.00 bits per heavy atom. The second kappa shape index (κ2) is 7.91. The summed E-state index contributed by atoms with van der Waals surface area (Å²) >= 11 is 6.15. The van der Waals surface area contributed by atoms with Crippen LogP contribution in [0, 0.1) is 0 Å². The monoisotopic (exact) mass is 383 g/mol. The number of likely N-dealkylation sites (tertiary alicyclic amines) is 1. The predicted molar refractivity (Wildman–Crippen MR) is 112 cm³/mol. The third kappa shape index (κ3) is 3.83. The van der Waals surface area contributed by atoms with Gasteiger partial charge in [0.05, 0.1) is 17.4 Å². The molecular weight excluding hydrogens is 358 g/mol. The molecule has 0 radical (unpaired) electrons. The quantitative estimate of drug-likeness (QED) is 0.792. The maximum Gasteiger partial charge on any atom is 0.244 e. The molecule has 1 unspecified atom stereocenters. The molecule has 4 rings (SSSR count). The lowest BCUT2D eigenvalue weighted by atomic mass is 10.1. The molecular formula is C22H26ClN3O. The van der Waals surface area contributed by atoms with Gasteiger partial charge in [-0.05, 0) is 62.7 Å². The van der Waals surface area contributed by atoms with Crippen LogP contribution in [0.5, 0.6) is 0 Å². The van der Waals surface area contributed by atoms with E-state index in [-0.39, 0.29) is 11.9 Å². The summed E-state index contributed by atoms with van der Waals surface area (Å²) < 4.78 is 0.